The van der Waals surface area contributed by atoms with E-state index >= 15 is 0 Å². The third-order valence-electron chi connectivity index (χ3n) is 2.01. The summed E-state index contributed by atoms with van der Waals surface area (Å²) in [6.45, 7) is 0. The van der Waals surface area contributed by atoms with E-state index in [2.05, 4.69) is 51.8 Å². The number of halogens is 2. The molecule has 82 valence electrons. The summed E-state index contributed by atoms with van der Waals surface area (Å²) in [4.78, 5) is 4.24. The van der Waals surface area contributed by atoms with E-state index in [4.69, 9.17) is 11.6 Å². The third kappa shape index (κ3) is 3.37. The molecule has 16 heavy (non-hydrogen) atoms. The molecule has 0 aliphatic carbocycles. The van der Waals surface area contributed by atoms with Crippen molar-refractivity contribution >= 4 is 46.0 Å². The van der Waals surface area contributed by atoms with Crippen LogP contribution in [-0.4, -0.2) is 4.98 Å². The van der Waals surface area contributed by atoms with E-state index < -0.39 is 0 Å². The number of pyridine rings is 1. The van der Waals surface area contributed by atoms with Gasteiger partial charge in [-0.3, -0.25) is 0 Å². The van der Waals surface area contributed by atoms with Gasteiger partial charge in [-0.15, -0.1) is 11.8 Å². The molecule has 0 radical (unpaired) electrons. The zero-order valence-electron chi connectivity index (χ0n) is 8.36. The molecule has 0 aliphatic rings. The maximum atomic E-state index is 6.03. The van der Waals surface area contributed by atoms with Crippen LogP contribution in [0.2, 0.25) is 5.02 Å². The highest BCUT2D eigenvalue weighted by Gasteiger charge is 2.01. The Hall–Kier alpha value is -0.260. The lowest BCUT2D eigenvalue weighted by Gasteiger charge is -2.03. The van der Waals surface area contributed by atoms with Crippen LogP contribution in [0.4, 0.5) is 0 Å². The van der Waals surface area contributed by atoms with E-state index in [1.807, 2.05) is 12.1 Å². The first-order chi connectivity index (χ1) is 7.75. The Morgan fingerprint density at radius 2 is 1.94 bits per heavy atom. The second-order valence-corrected chi connectivity index (χ2v) is 5.82. The summed E-state index contributed by atoms with van der Waals surface area (Å²) in [6, 6.07) is 12.2. The molecule has 0 fully saturated rings. The van der Waals surface area contributed by atoms with E-state index in [-0.39, 0.29) is 0 Å². The van der Waals surface area contributed by atoms with Crippen LogP contribution in [0.25, 0.3) is 0 Å². The quantitative estimate of drug-likeness (QED) is 0.584. The fourth-order valence-electron chi connectivity index (χ4n) is 1.21. The Balaban J connectivity index is 2.02. The minimum atomic E-state index is 0.720. The molecule has 0 saturated carbocycles. The molecule has 1 aromatic carbocycles. The Morgan fingerprint density at radius 3 is 2.62 bits per heavy atom. The van der Waals surface area contributed by atoms with Gasteiger partial charge in [-0.1, -0.05) is 23.7 Å². The number of thioether (sulfide) groups is 1. The molecule has 0 saturated heterocycles. The lowest BCUT2D eigenvalue weighted by Crippen LogP contribution is -1.84. The minimum Gasteiger partial charge on any atom is -0.248 e. The van der Waals surface area contributed by atoms with Gasteiger partial charge in [0.1, 0.15) is 5.03 Å². The summed E-state index contributed by atoms with van der Waals surface area (Å²) in [5.41, 5.74) is 1.28. The first-order valence-electron chi connectivity index (χ1n) is 4.73. The molecule has 0 aliphatic heterocycles. The number of nitrogens with zero attached hydrogens (tertiary/aromatic N) is 1. The molecule has 0 amide bonds. The highest BCUT2D eigenvalue weighted by molar-refractivity contribution is 14.1. The largest absolute Gasteiger partial charge is 0.248 e. The van der Waals surface area contributed by atoms with E-state index in [9.17, 15) is 0 Å². The maximum absolute atomic E-state index is 6.03. The van der Waals surface area contributed by atoms with Gasteiger partial charge in [0.2, 0.25) is 0 Å². The first-order valence-corrected chi connectivity index (χ1v) is 7.18. The van der Waals surface area contributed by atoms with Crippen molar-refractivity contribution in [3.63, 3.8) is 0 Å². The number of benzene rings is 1. The van der Waals surface area contributed by atoms with Crippen molar-refractivity contribution in [2.24, 2.45) is 0 Å². The van der Waals surface area contributed by atoms with Crippen molar-refractivity contribution in [3.8, 4) is 0 Å². The van der Waals surface area contributed by atoms with Gasteiger partial charge >= 0.3 is 0 Å². The van der Waals surface area contributed by atoms with Gasteiger partial charge in [-0.25, -0.2) is 4.98 Å². The summed E-state index contributed by atoms with van der Waals surface area (Å²) in [7, 11) is 0. The van der Waals surface area contributed by atoms with Gasteiger partial charge in [-0.2, -0.15) is 0 Å². The molecular formula is C12H9ClINS. The maximum Gasteiger partial charge on any atom is 0.115 e. The van der Waals surface area contributed by atoms with Crippen LogP contribution in [0.1, 0.15) is 5.56 Å². The lowest BCUT2D eigenvalue weighted by atomic mass is 10.2. The van der Waals surface area contributed by atoms with E-state index in [0.717, 1.165) is 15.8 Å². The standard InChI is InChI=1S/C12H9ClINS/c13-11-2-1-7-15-12(11)16-8-9-3-5-10(14)6-4-9/h1-7H,8H2. The molecule has 1 aromatic heterocycles. The minimum absolute atomic E-state index is 0.720. The lowest BCUT2D eigenvalue weighted by molar-refractivity contribution is 1.13. The predicted octanol–water partition coefficient (Wildman–Crippen LogP) is 4.63. The van der Waals surface area contributed by atoms with E-state index in [1.54, 1.807) is 18.0 Å². The smallest absolute Gasteiger partial charge is 0.115 e. The van der Waals surface area contributed by atoms with Gasteiger partial charge in [0.15, 0.2) is 0 Å². The topological polar surface area (TPSA) is 12.9 Å². The van der Waals surface area contributed by atoms with Gasteiger partial charge in [-0.05, 0) is 52.4 Å². The number of aromatic nitrogens is 1. The number of hydrogen-bond acceptors (Lipinski definition) is 2. The van der Waals surface area contributed by atoms with Crippen molar-refractivity contribution in [1.29, 1.82) is 0 Å². The van der Waals surface area contributed by atoms with Crippen molar-refractivity contribution in [2.75, 3.05) is 0 Å². The van der Waals surface area contributed by atoms with E-state index in [0.29, 0.717) is 0 Å². The van der Waals surface area contributed by atoms with Gasteiger partial charge in [0.05, 0.1) is 5.02 Å². The van der Waals surface area contributed by atoms with Crippen LogP contribution in [-0.2, 0) is 5.75 Å². The first kappa shape index (κ1) is 12.2. The van der Waals surface area contributed by atoms with Crippen LogP contribution in [0, 0.1) is 3.57 Å². The highest BCUT2D eigenvalue weighted by Crippen LogP contribution is 2.27. The highest BCUT2D eigenvalue weighted by atomic mass is 127. The third-order valence-corrected chi connectivity index (χ3v) is 4.23. The summed E-state index contributed by atoms with van der Waals surface area (Å²) in [6.07, 6.45) is 1.77. The molecule has 0 N–H and O–H groups in total. The zero-order chi connectivity index (χ0) is 11.4. The molecule has 0 spiro atoms. The summed E-state index contributed by atoms with van der Waals surface area (Å²) in [5.74, 6) is 0.896. The molecule has 0 bridgehead atoms. The van der Waals surface area contributed by atoms with Crippen molar-refractivity contribution in [2.45, 2.75) is 10.8 Å². The van der Waals surface area contributed by atoms with Crippen LogP contribution in [0.5, 0.6) is 0 Å². The van der Waals surface area contributed by atoms with Crippen molar-refractivity contribution in [3.05, 3.63) is 56.8 Å². The van der Waals surface area contributed by atoms with Crippen LogP contribution in [0.3, 0.4) is 0 Å². The molecule has 1 nitrogen and oxygen atoms in total. The number of rotatable bonds is 3. The van der Waals surface area contributed by atoms with Gasteiger partial charge in [0, 0.05) is 15.5 Å². The fourth-order valence-corrected chi connectivity index (χ4v) is 2.69. The molecule has 0 unspecified atom stereocenters. The molecule has 2 aromatic rings. The van der Waals surface area contributed by atoms with Crippen LogP contribution < -0.4 is 0 Å². The Kier molecular flexibility index (Phi) is 4.49. The van der Waals surface area contributed by atoms with Crippen molar-refractivity contribution in [1.82, 2.24) is 4.98 Å². The second kappa shape index (κ2) is 5.89. The average Bonchev–Trinajstić information content (AvgIpc) is 2.30. The molecule has 1 heterocycles. The molecular weight excluding hydrogens is 353 g/mol. The van der Waals surface area contributed by atoms with E-state index in [1.165, 1.54) is 9.13 Å². The predicted molar refractivity (Wildman–Crippen MR) is 78.0 cm³/mol. The Morgan fingerprint density at radius 1 is 1.19 bits per heavy atom. The molecule has 2 rings (SSSR count). The summed E-state index contributed by atoms with van der Waals surface area (Å²) < 4.78 is 1.25. The van der Waals surface area contributed by atoms with Crippen LogP contribution in [0.15, 0.2) is 47.6 Å². The SMILES string of the molecule is Clc1cccnc1SCc1ccc(I)cc1. The van der Waals surface area contributed by atoms with Crippen LogP contribution >= 0.6 is 46.0 Å². The Labute approximate surface area is 118 Å². The van der Waals surface area contributed by atoms with Gasteiger partial charge in [0.25, 0.3) is 0 Å². The molecule has 0 atom stereocenters. The fraction of sp³-hybridized carbons (Fsp3) is 0.0833. The van der Waals surface area contributed by atoms with Gasteiger partial charge < -0.3 is 0 Å². The Bertz CT molecular complexity index is 473. The second-order valence-electron chi connectivity index (χ2n) is 3.21. The normalized spacial score (nSPS) is 10.4. The summed E-state index contributed by atoms with van der Waals surface area (Å²) in [5, 5.41) is 1.61. The summed E-state index contributed by atoms with van der Waals surface area (Å²) >= 11 is 9.99. The van der Waals surface area contributed by atoms with Crippen molar-refractivity contribution < 1.29 is 0 Å². The monoisotopic (exact) mass is 361 g/mol. The molecule has 4 heteroatoms. The average molecular weight is 362 g/mol. The number of hydrogen-bond donors (Lipinski definition) is 0. The zero-order valence-corrected chi connectivity index (χ0v) is 12.1.